The SMILES string of the molecule is CCCCCCCCCCCCCC(=O)OC(c1cnco1)c1nc(C(CCC)O[Si](C)(C)C(C)(C)C)co1. The number of carbonyl (C=O) groups excluding carboxylic acids is 1. The normalized spacial score (nSPS) is 13.9. The van der Waals surface area contributed by atoms with E-state index in [1.54, 1.807) is 12.5 Å². The number of carbonyl (C=O) groups is 1. The molecule has 0 saturated carbocycles. The molecule has 0 radical (unpaired) electrons. The van der Waals surface area contributed by atoms with Gasteiger partial charge in [-0.25, -0.2) is 9.97 Å². The minimum Gasteiger partial charge on any atom is -0.445 e. The second-order valence-electron chi connectivity index (χ2n) is 12.3. The third-order valence-electron chi connectivity index (χ3n) is 7.83. The number of aromatic nitrogens is 2. The van der Waals surface area contributed by atoms with Gasteiger partial charge in [0.25, 0.3) is 0 Å². The van der Waals surface area contributed by atoms with Crippen LogP contribution in [0.15, 0.2) is 27.7 Å². The Morgan fingerprint density at radius 2 is 1.54 bits per heavy atom. The zero-order chi connectivity index (χ0) is 28.7. The molecule has 2 unspecified atom stereocenters. The molecule has 0 saturated heterocycles. The van der Waals surface area contributed by atoms with Crippen molar-refractivity contribution in [1.29, 1.82) is 0 Å². The molecule has 0 aliphatic rings. The molecule has 0 amide bonds. The van der Waals surface area contributed by atoms with E-state index in [1.807, 2.05) is 0 Å². The van der Waals surface area contributed by atoms with E-state index >= 15 is 0 Å². The zero-order valence-electron chi connectivity index (χ0n) is 25.7. The highest BCUT2D eigenvalue weighted by molar-refractivity contribution is 6.74. The molecule has 0 aliphatic carbocycles. The van der Waals surface area contributed by atoms with Gasteiger partial charge in [-0.1, -0.05) is 105 Å². The van der Waals surface area contributed by atoms with Gasteiger partial charge in [0.1, 0.15) is 12.0 Å². The van der Waals surface area contributed by atoms with E-state index in [0.717, 1.165) is 37.8 Å². The van der Waals surface area contributed by atoms with Crippen LogP contribution in [0.4, 0.5) is 0 Å². The average Bonchev–Trinajstić information content (AvgIpc) is 3.58. The molecular weight excluding hydrogens is 508 g/mol. The largest absolute Gasteiger partial charge is 0.445 e. The van der Waals surface area contributed by atoms with Crippen LogP contribution in [0.1, 0.15) is 154 Å². The second kappa shape index (κ2) is 17.0. The number of unbranched alkanes of at least 4 members (excludes halogenated alkanes) is 10. The number of esters is 1. The monoisotopic (exact) mass is 562 g/mol. The summed E-state index contributed by atoms with van der Waals surface area (Å²) in [4.78, 5) is 21.5. The van der Waals surface area contributed by atoms with Gasteiger partial charge in [-0.15, -0.1) is 0 Å². The molecule has 0 aromatic carbocycles. The van der Waals surface area contributed by atoms with Crippen molar-refractivity contribution in [2.45, 2.75) is 155 Å². The molecule has 2 aromatic rings. The summed E-state index contributed by atoms with van der Waals surface area (Å²) in [7, 11) is -2.02. The van der Waals surface area contributed by atoms with Gasteiger partial charge in [0.15, 0.2) is 20.5 Å². The summed E-state index contributed by atoms with van der Waals surface area (Å²) < 4.78 is 23.9. The van der Waals surface area contributed by atoms with E-state index in [4.69, 9.17) is 23.0 Å². The summed E-state index contributed by atoms with van der Waals surface area (Å²) in [6.07, 6.45) is 19.2. The number of hydrogen-bond acceptors (Lipinski definition) is 7. The summed E-state index contributed by atoms with van der Waals surface area (Å²) >= 11 is 0. The van der Waals surface area contributed by atoms with Gasteiger partial charge in [0, 0.05) is 6.42 Å². The molecule has 0 spiro atoms. The Morgan fingerprint density at radius 1 is 0.923 bits per heavy atom. The van der Waals surface area contributed by atoms with Crippen LogP contribution in [0.5, 0.6) is 0 Å². The first-order valence-electron chi connectivity index (χ1n) is 15.3. The van der Waals surface area contributed by atoms with Crippen molar-refractivity contribution in [3.63, 3.8) is 0 Å². The maximum absolute atomic E-state index is 12.8. The summed E-state index contributed by atoms with van der Waals surface area (Å²) in [5.74, 6) is 0.400. The molecule has 2 heterocycles. The van der Waals surface area contributed by atoms with Crippen molar-refractivity contribution in [2.24, 2.45) is 0 Å². The van der Waals surface area contributed by atoms with Crippen LogP contribution in [-0.4, -0.2) is 24.3 Å². The van der Waals surface area contributed by atoms with Crippen molar-refractivity contribution in [3.8, 4) is 0 Å². The number of nitrogens with zero attached hydrogens (tertiary/aromatic N) is 2. The van der Waals surface area contributed by atoms with Gasteiger partial charge in [0.05, 0.1) is 12.3 Å². The minimum absolute atomic E-state index is 0.0811. The van der Waals surface area contributed by atoms with E-state index in [9.17, 15) is 4.79 Å². The standard InChI is InChI=1S/C31H54N2O5Si/c1-8-10-11-12-13-14-15-16-17-18-19-21-28(34)37-29(27-22-32-24-36-27)30-33-25(23-35-30)26(20-9-2)38-39(6,7)31(3,4)5/h22-24,26,29H,8-21H2,1-7H3. The van der Waals surface area contributed by atoms with Crippen molar-refractivity contribution in [1.82, 2.24) is 9.97 Å². The molecule has 39 heavy (non-hydrogen) atoms. The molecule has 222 valence electrons. The van der Waals surface area contributed by atoms with Gasteiger partial charge >= 0.3 is 5.97 Å². The molecule has 0 N–H and O–H groups in total. The van der Waals surface area contributed by atoms with Crippen LogP contribution in [-0.2, 0) is 14.0 Å². The van der Waals surface area contributed by atoms with Crippen molar-refractivity contribution < 1.29 is 22.8 Å². The lowest BCUT2D eigenvalue weighted by Gasteiger charge is -2.38. The summed E-state index contributed by atoms with van der Waals surface area (Å²) in [5.41, 5.74) is 0.725. The predicted molar refractivity (Wildman–Crippen MR) is 158 cm³/mol. The maximum atomic E-state index is 12.8. The van der Waals surface area contributed by atoms with Crippen LogP contribution in [0.3, 0.4) is 0 Å². The Labute approximate surface area is 238 Å². The Kier molecular flexibility index (Phi) is 14.5. The third kappa shape index (κ3) is 11.6. The Bertz CT molecular complexity index is 920. The third-order valence-corrected chi connectivity index (χ3v) is 12.3. The van der Waals surface area contributed by atoms with E-state index in [0.29, 0.717) is 12.2 Å². The summed E-state index contributed by atoms with van der Waals surface area (Å²) in [5, 5.41) is 0.0811. The molecule has 0 fully saturated rings. The zero-order valence-corrected chi connectivity index (χ0v) is 26.7. The fourth-order valence-electron chi connectivity index (χ4n) is 4.34. The maximum Gasteiger partial charge on any atom is 0.307 e. The number of hydrogen-bond donors (Lipinski definition) is 0. The van der Waals surface area contributed by atoms with Crippen LogP contribution < -0.4 is 0 Å². The molecule has 7 nitrogen and oxygen atoms in total. The molecule has 0 aliphatic heterocycles. The molecule has 2 aromatic heterocycles. The highest BCUT2D eigenvalue weighted by atomic mass is 28.4. The summed E-state index contributed by atoms with van der Waals surface area (Å²) in [6.45, 7) is 15.6. The van der Waals surface area contributed by atoms with Gasteiger partial charge in [0.2, 0.25) is 12.0 Å². The first-order chi connectivity index (χ1) is 18.6. The Hall–Kier alpha value is -1.93. The van der Waals surface area contributed by atoms with Crippen molar-refractivity contribution in [2.75, 3.05) is 0 Å². The molecular formula is C31H54N2O5Si. The number of rotatable bonds is 20. The second-order valence-corrected chi connectivity index (χ2v) is 17.1. The molecule has 0 bridgehead atoms. The lowest BCUT2D eigenvalue weighted by molar-refractivity contribution is -0.149. The van der Waals surface area contributed by atoms with E-state index in [-0.39, 0.29) is 23.0 Å². The van der Waals surface area contributed by atoms with Crippen LogP contribution in [0.25, 0.3) is 0 Å². The topological polar surface area (TPSA) is 87.6 Å². The lowest BCUT2D eigenvalue weighted by Crippen LogP contribution is -2.41. The average molecular weight is 563 g/mol. The van der Waals surface area contributed by atoms with Crippen molar-refractivity contribution in [3.05, 3.63) is 36.2 Å². The molecule has 2 rings (SSSR count). The highest BCUT2D eigenvalue weighted by Gasteiger charge is 2.40. The molecule has 8 heteroatoms. The predicted octanol–water partition coefficient (Wildman–Crippen LogP) is 9.86. The first-order valence-corrected chi connectivity index (χ1v) is 18.2. The van der Waals surface area contributed by atoms with Crippen LogP contribution in [0.2, 0.25) is 18.1 Å². The first kappa shape index (κ1) is 33.3. The Balaban J connectivity index is 1.90. The minimum atomic E-state index is -2.02. The van der Waals surface area contributed by atoms with E-state index < -0.39 is 14.4 Å². The summed E-state index contributed by atoms with van der Waals surface area (Å²) in [6, 6.07) is 0. The van der Waals surface area contributed by atoms with Gasteiger partial charge in [-0.2, -0.15) is 0 Å². The smallest absolute Gasteiger partial charge is 0.307 e. The van der Waals surface area contributed by atoms with E-state index in [2.05, 4.69) is 52.7 Å². The number of ether oxygens (including phenoxy) is 1. The number of oxazole rings is 2. The highest BCUT2D eigenvalue weighted by Crippen LogP contribution is 2.41. The lowest BCUT2D eigenvalue weighted by atomic mass is 10.1. The fourth-order valence-corrected chi connectivity index (χ4v) is 5.64. The van der Waals surface area contributed by atoms with E-state index in [1.165, 1.54) is 57.8 Å². The van der Waals surface area contributed by atoms with Crippen LogP contribution in [0, 0.1) is 0 Å². The van der Waals surface area contributed by atoms with Gasteiger partial charge < -0.3 is 18.0 Å². The van der Waals surface area contributed by atoms with Gasteiger partial charge in [-0.3, -0.25) is 4.79 Å². The Morgan fingerprint density at radius 3 is 2.08 bits per heavy atom. The van der Waals surface area contributed by atoms with Gasteiger partial charge in [-0.05, 0) is 31.0 Å². The fraction of sp³-hybridized carbons (Fsp3) is 0.774. The molecule has 2 atom stereocenters. The van der Waals surface area contributed by atoms with Crippen molar-refractivity contribution >= 4 is 14.3 Å². The van der Waals surface area contributed by atoms with Crippen LogP contribution >= 0.6 is 0 Å². The quantitative estimate of drug-likeness (QED) is 0.0901.